The second kappa shape index (κ2) is 5.21. The fourth-order valence-electron chi connectivity index (χ4n) is 1.22. The average Bonchev–Trinajstić information content (AvgIpc) is 2.23. The number of ether oxygens (including phenoxy) is 1. The van der Waals surface area contributed by atoms with E-state index in [0.717, 1.165) is 12.1 Å². The van der Waals surface area contributed by atoms with Crippen molar-refractivity contribution in [3.8, 4) is 6.07 Å². The van der Waals surface area contributed by atoms with E-state index in [1.54, 1.807) is 6.92 Å². The largest absolute Gasteiger partial charge is 0.466 e. The van der Waals surface area contributed by atoms with E-state index >= 15 is 0 Å². The van der Waals surface area contributed by atoms with Crippen LogP contribution in [-0.2, 0) is 16.0 Å². The van der Waals surface area contributed by atoms with Crippen LogP contribution in [0.4, 0.5) is 8.78 Å². The molecule has 1 aromatic carbocycles. The Labute approximate surface area is 91.3 Å². The Balaban J connectivity index is 3.01. The van der Waals surface area contributed by atoms with Crippen LogP contribution in [0.3, 0.4) is 0 Å². The Bertz CT molecular complexity index is 452. The molecule has 0 saturated carbocycles. The molecule has 0 aromatic heterocycles. The smallest absolute Gasteiger partial charge is 0.310 e. The molecule has 0 saturated heterocycles. The summed E-state index contributed by atoms with van der Waals surface area (Å²) in [5.74, 6) is -2.29. The van der Waals surface area contributed by atoms with Crippen LogP contribution in [0, 0.1) is 23.0 Å². The Morgan fingerprint density at radius 3 is 2.75 bits per heavy atom. The lowest BCUT2D eigenvalue weighted by Crippen LogP contribution is -2.09. The maximum absolute atomic E-state index is 13.5. The summed E-state index contributed by atoms with van der Waals surface area (Å²) < 4.78 is 31.0. The van der Waals surface area contributed by atoms with Crippen molar-refractivity contribution in [3.63, 3.8) is 0 Å². The second-order valence-corrected chi connectivity index (χ2v) is 3.02. The van der Waals surface area contributed by atoms with Gasteiger partial charge in [0.05, 0.1) is 18.6 Å². The molecule has 0 unspecified atom stereocenters. The number of nitrogens with zero attached hydrogens (tertiary/aromatic N) is 1. The molecule has 0 aliphatic heterocycles. The van der Waals surface area contributed by atoms with Gasteiger partial charge in [-0.2, -0.15) is 5.26 Å². The van der Waals surface area contributed by atoms with Gasteiger partial charge in [0.2, 0.25) is 0 Å². The summed E-state index contributed by atoms with van der Waals surface area (Å²) >= 11 is 0. The molecule has 0 heterocycles. The highest BCUT2D eigenvalue weighted by atomic mass is 19.1. The molecule has 0 amide bonds. The molecule has 0 N–H and O–H groups in total. The third kappa shape index (κ3) is 2.76. The predicted molar refractivity (Wildman–Crippen MR) is 51.4 cm³/mol. The highest BCUT2D eigenvalue weighted by Crippen LogP contribution is 2.15. The Morgan fingerprint density at radius 2 is 2.19 bits per heavy atom. The van der Waals surface area contributed by atoms with E-state index in [9.17, 15) is 13.6 Å². The zero-order valence-electron chi connectivity index (χ0n) is 8.59. The van der Waals surface area contributed by atoms with Crippen LogP contribution in [0.15, 0.2) is 12.1 Å². The van der Waals surface area contributed by atoms with Crippen molar-refractivity contribution in [2.75, 3.05) is 6.61 Å². The van der Waals surface area contributed by atoms with Gasteiger partial charge in [0.1, 0.15) is 17.7 Å². The average molecular weight is 225 g/mol. The number of nitriles is 1. The van der Waals surface area contributed by atoms with Gasteiger partial charge in [0.15, 0.2) is 0 Å². The van der Waals surface area contributed by atoms with E-state index in [1.807, 2.05) is 0 Å². The lowest BCUT2D eigenvalue weighted by Gasteiger charge is -2.04. The molecule has 0 fully saturated rings. The number of carbonyl (C=O) groups excluding carboxylic acids is 1. The fourth-order valence-corrected chi connectivity index (χ4v) is 1.22. The zero-order valence-corrected chi connectivity index (χ0v) is 8.59. The number of hydrogen-bond donors (Lipinski definition) is 0. The van der Waals surface area contributed by atoms with Crippen LogP contribution in [0.25, 0.3) is 0 Å². The maximum atomic E-state index is 13.5. The minimum Gasteiger partial charge on any atom is -0.466 e. The first kappa shape index (κ1) is 12.1. The molecule has 3 nitrogen and oxygen atoms in total. The van der Waals surface area contributed by atoms with Crippen LogP contribution in [0.1, 0.15) is 18.1 Å². The van der Waals surface area contributed by atoms with E-state index < -0.39 is 23.2 Å². The van der Waals surface area contributed by atoms with E-state index in [4.69, 9.17) is 5.26 Å². The Morgan fingerprint density at radius 1 is 1.50 bits per heavy atom. The van der Waals surface area contributed by atoms with Crippen molar-refractivity contribution in [2.45, 2.75) is 13.3 Å². The standard InChI is InChI=1S/C11H9F2NO2/c1-2-16-10(15)5-7-3-9(12)4-8(6-14)11(7)13/h3-4H,2,5H2,1H3. The van der Waals surface area contributed by atoms with Crippen LogP contribution in [-0.4, -0.2) is 12.6 Å². The van der Waals surface area contributed by atoms with Crippen molar-refractivity contribution in [1.29, 1.82) is 5.26 Å². The topological polar surface area (TPSA) is 50.1 Å². The molecule has 0 aliphatic carbocycles. The summed E-state index contributed by atoms with van der Waals surface area (Å²) in [5, 5.41) is 8.53. The SMILES string of the molecule is CCOC(=O)Cc1cc(F)cc(C#N)c1F. The molecular formula is C11H9F2NO2. The number of esters is 1. The molecule has 0 bridgehead atoms. The van der Waals surface area contributed by atoms with Gasteiger partial charge in [0, 0.05) is 5.56 Å². The zero-order chi connectivity index (χ0) is 12.1. The first-order valence-corrected chi connectivity index (χ1v) is 4.62. The van der Waals surface area contributed by atoms with Crippen molar-refractivity contribution in [1.82, 2.24) is 0 Å². The maximum Gasteiger partial charge on any atom is 0.310 e. The van der Waals surface area contributed by atoms with E-state index in [1.165, 1.54) is 6.07 Å². The predicted octanol–water partition coefficient (Wildman–Crippen LogP) is 1.94. The number of rotatable bonds is 3. The molecule has 16 heavy (non-hydrogen) atoms. The second-order valence-electron chi connectivity index (χ2n) is 3.02. The quantitative estimate of drug-likeness (QED) is 0.738. The number of halogens is 2. The molecule has 0 atom stereocenters. The van der Waals surface area contributed by atoms with E-state index in [0.29, 0.717) is 0 Å². The van der Waals surface area contributed by atoms with Crippen molar-refractivity contribution in [2.24, 2.45) is 0 Å². The molecule has 0 radical (unpaired) electrons. The van der Waals surface area contributed by atoms with Crippen LogP contribution in [0.5, 0.6) is 0 Å². The minimum atomic E-state index is -0.878. The Hall–Kier alpha value is -1.96. The van der Waals surface area contributed by atoms with E-state index in [2.05, 4.69) is 4.74 Å². The fraction of sp³-hybridized carbons (Fsp3) is 0.273. The molecule has 0 aliphatic rings. The van der Waals surface area contributed by atoms with Gasteiger partial charge in [-0.15, -0.1) is 0 Å². The molecule has 84 valence electrons. The van der Waals surface area contributed by atoms with Gasteiger partial charge in [-0.25, -0.2) is 8.78 Å². The minimum absolute atomic E-state index is 0.168. The highest BCUT2D eigenvalue weighted by Gasteiger charge is 2.14. The normalized spacial score (nSPS) is 9.62. The van der Waals surface area contributed by atoms with Gasteiger partial charge in [-0.1, -0.05) is 0 Å². The number of carbonyl (C=O) groups is 1. The summed E-state index contributed by atoms with van der Waals surface area (Å²) in [7, 11) is 0. The van der Waals surface area contributed by atoms with Crippen molar-refractivity contribution in [3.05, 3.63) is 34.9 Å². The van der Waals surface area contributed by atoms with E-state index in [-0.39, 0.29) is 18.6 Å². The molecule has 5 heteroatoms. The lowest BCUT2D eigenvalue weighted by molar-refractivity contribution is -0.142. The van der Waals surface area contributed by atoms with Gasteiger partial charge < -0.3 is 4.74 Å². The van der Waals surface area contributed by atoms with Crippen LogP contribution < -0.4 is 0 Å². The molecule has 0 spiro atoms. The summed E-state index contributed by atoms with van der Waals surface area (Å²) in [6, 6.07) is 3.18. The lowest BCUT2D eigenvalue weighted by atomic mass is 10.1. The highest BCUT2D eigenvalue weighted by molar-refractivity contribution is 5.72. The first-order valence-electron chi connectivity index (χ1n) is 4.62. The van der Waals surface area contributed by atoms with Gasteiger partial charge in [-0.3, -0.25) is 4.79 Å². The van der Waals surface area contributed by atoms with Gasteiger partial charge in [-0.05, 0) is 19.1 Å². The van der Waals surface area contributed by atoms with Crippen molar-refractivity contribution >= 4 is 5.97 Å². The van der Waals surface area contributed by atoms with Gasteiger partial charge in [0.25, 0.3) is 0 Å². The monoisotopic (exact) mass is 225 g/mol. The van der Waals surface area contributed by atoms with Gasteiger partial charge >= 0.3 is 5.97 Å². The van der Waals surface area contributed by atoms with Crippen LogP contribution >= 0.6 is 0 Å². The van der Waals surface area contributed by atoms with Crippen LogP contribution in [0.2, 0.25) is 0 Å². The first-order chi connectivity index (χ1) is 7.58. The number of hydrogen-bond acceptors (Lipinski definition) is 3. The molecule has 1 rings (SSSR count). The summed E-state index contributed by atoms with van der Waals surface area (Å²) in [6.07, 6.45) is -0.383. The summed E-state index contributed by atoms with van der Waals surface area (Å²) in [6.45, 7) is 1.78. The molecule has 1 aromatic rings. The van der Waals surface area contributed by atoms with Crippen molar-refractivity contribution < 1.29 is 18.3 Å². The summed E-state index contributed by atoms with van der Waals surface area (Å²) in [5.41, 5.74) is -0.589. The molecular weight excluding hydrogens is 216 g/mol. The Kier molecular flexibility index (Phi) is 3.95. The summed E-state index contributed by atoms with van der Waals surface area (Å²) in [4.78, 5) is 11.1. The third-order valence-electron chi connectivity index (χ3n) is 1.87. The third-order valence-corrected chi connectivity index (χ3v) is 1.87. The number of benzene rings is 1.